The molecule has 1 aliphatic heterocycles. The molecule has 5 nitrogen and oxygen atoms in total. The average Bonchev–Trinajstić information content (AvgIpc) is 2.98. The molecule has 0 bridgehead atoms. The number of likely N-dealkylation sites (tertiary alicyclic amines) is 1. The molecule has 1 fully saturated rings. The highest BCUT2D eigenvalue weighted by atomic mass is 16.2. The first-order valence-electron chi connectivity index (χ1n) is 12.8. The number of benzene rings is 3. The fraction of sp³-hybridized carbons (Fsp3) is 0.219. The summed E-state index contributed by atoms with van der Waals surface area (Å²) in [6, 6.07) is 33.5. The van der Waals surface area contributed by atoms with E-state index < -0.39 is 5.41 Å². The molecule has 1 atom stereocenters. The number of hydrogen-bond acceptors (Lipinski definition) is 3. The highest BCUT2D eigenvalue weighted by molar-refractivity contribution is 5.93. The van der Waals surface area contributed by atoms with Crippen LogP contribution in [0, 0.1) is 0 Å². The minimum Gasteiger partial charge on any atom is -0.349 e. The van der Waals surface area contributed by atoms with Crippen molar-refractivity contribution in [2.45, 2.75) is 31.2 Å². The second-order valence-electron chi connectivity index (χ2n) is 9.64. The van der Waals surface area contributed by atoms with Crippen molar-refractivity contribution in [3.63, 3.8) is 0 Å². The summed E-state index contributed by atoms with van der Waals surface area (Å²) in [5.41, 5.74) is 3.83. The lowest BCUT2D eigenvalue weighted by atomic mass is 9.71. The molecule has 3 aromatic carbocycles. The summed E-state index contributed by atoms with van der Waals surface area (Å²) in [5.74, 6) is -0.0909. The number of aromatic nitrogens is 1. The second kappa shape index (κ2) is 10.8. The summed E-state index contributed by atoms with van der Waals surface area (Å²) in [6.45, 7) is 2.99. The first-order chi connectivity index (χ1) is 18.1. The Morgan fingerprint density at radius 3 is 1.97 bits per heavy atom. The fourth-order valence-electron chi connectivity index (χ4n) is 5.14. The average molecular weight is 490 g/mol. The van der Waals surface area contributed by atoms with Crippen LogP contribution in [0.3, 0.4) is 0 Å². The van der Waals surface area contributed by atoms with Crippen molar-refractivity contribution in [3.05, 3.63) is 126 Å². The van der Waals surface area contributed by atoms with Gasteiger partial charge in [-0.3, -0.25) is 14.6 Å². The number of piperidine rings is 1. The van der Waals surface area contributed by atoms with E-state index in [1.54, 1.807) is 12.3 Å². The zero-order chi connectivity index (χ0) is 25.7. The van der Waals surface area contributed by atoms with Crippen LogP contribution in [0.4, 0.5) is 0 Å². The Balaban J connectivity index is 1.32. The third-order valence-corrected chi connectivity index (χ3v) is 7.40. The van der Waals surface area contributed by atoms with Crippen molar-refractivity contribution in [2.24, 2.45) is 0 Å². The molecule has 37 heavy (non-hydrogen) atoms. The minimum atomic E-state index is -0.689. The van der Waals surface area contributed by atoms with E-state index in [0.29, 0.717) is 31.6 Å². The molecule has 1 aliphatic rings. The van der Waals surface area contributed by atoms with Crippen LogP contribution in [-0.2, 0) is 10.2 Å². The van der Waals surface area contributed by atoms with E-state index in [4.69, 9.17) is 0 Å². The molecular formula is C32H31N3O2. The molecule has 0 spiro atoms. The van der Waals surface area contributed by atoms with Crippen LogP contribution in [-0.4, -0.2) is 34.8 Å². The van der Waals surface area contributed by atoms with E-state index in [1.807, 2.05) is 109 Å². The zero-order valence-electron chi connectivity index (χ0n) is 21.0. The molecule has 2 heterocycles. The molecule has 186 valence electrons. The number of nitrogens with zero attached hydrogens (tertiary/aromatic N) is 2. The van der Waals surface area contributed by atoms with Crippen LogP contribution in [0.2, 0.25) is 0 Å². The number of pyridine rings is 1. The van der Waals surface area contributed by atoms with Gasteiger partial charge in [0.05, 0.1) is 11.5 Å². The van der Waals surface area contributed by atoms with Gasteiger partial charge in [0, 0.05) is 24.8 Å². The van der Waals surface area contributed by atoms with Crippen LogP contribution in [0.1, 0.15) is 47.4 Å². The van der Waals surface area contributed by atoms with Crippen LogP contribution in [0.15, 0.2) is 109 Å². The lowest BCUT2D eigenvalue weighted by Gasteiger charge is -2.41. The lowest BCUT2D eigenvalue weighted by Crippen LogP contribution is -2.53. The summed E-state index contributed by atoms with van der Waals surface area (Å²) < 4.78 is 0. The third-order valence-electron chi connectivity index (χ3n) is 7.40. The standard InChI is InChI=1S/C32H31N3O2/c1-24(25-11-5-2-6-12-25)34-31(37)32(28-15-9-4-10-16-28)19-21-35(22-20-32)30(36)29-18-17-27(23-33-29)26-13-7-3-8-14-26/h2-18,23-24H,19-22H2,1H3,(H,34,37). The van der Waals surface area contributed by atoms with E-state index in [9.17, 15) is 9.59 Å². The maximum absolute atomic E-state index is 13.8. The molecule has 5 rings (SSSR count). The van der Waals surface area contributed by atoms with Crippen molar-refractivity contribution in [2.75, 3.05) is 13.1 Å². The Bertz CT molecular complexity index is 1330. The quantitative estimate of drug-likeness (QED) is 0.372. The van der Waals surface area contributed by atoms with Gasteiger partial charge >= 0.3 is 0 Å². The third kappa shape index (κ3) is 5.17. The smallest absolute Gasteiger partial charge is 0.272 e. The molecule has 2 amide bonds. The molecule has 5 heteroatoms. The van der Waals surface area contributed by atoms with Crippen molar-refractivity contribution in [1.29, 1.82) is 0 Å². The van der Waals surface area contributed by atoms with Gasteiger partial charge < -0.3 is 10.2 Å². The minimum absolute atomic E-state index is 0.00694. The first-order valence-corrected chi connectivity index (χ1v) is 12.8. The molecule has 1 N–H and O–H groups in total. The number of carbonyl (C=O) groups excluding carboxylic acids is 2. The predicted molar refractivity (Wildman–Crippen MR) is 146 cm³/mol. The summed E-state index contributed by atoms with van der Waals surface area (Å²) in [6.07, 6.45) is 2.86. The van der Waals surface area contributed by atoms with Crippen molar-refractivity contribution < 1.29 is 9.59 Å². The number of hydrogen-bond donors (Lipinski definition) is 1. The number of nitrogens with one attached hydrogen (secondary N) is 1. The van der Waals surface area contributed by atoms with Crippen LogP contribution < -0.4 is 5.32 Å². The largest absolute Gasteiger partial charge is 0.349 e. The van der Waals surface area contributed by atoms with Crippen molar-refractivity contribution in [1.82, 2.24) is 15.2 Å². The summed E-state index contributed by atoms with van der Waals surface area (Å²) >= 11 is 0. The fourth-order valence-corrected chi connectivity index (χ4v) is 5.14. The maximum atomic E-state index is 13.8. The molecule has 1 aromatic heterocycles. The van der Waals surface area contributed by atoms with Gasteiger partial charge in [0.2, 0.25) is 5.91 Å². The molecule has 0 aliphatic carbocycles. The highest BCUT2D eigenvalue weighted by Gasteiger charge is 2.44. The number of carbonyl (C=O) groups is 2. The highest BCUT2D eigenvalue weighted by Crippen LogP contribution is 2.37. The van der Waals surface area contributed by atoms with Gasteiger partial charge in [-0.25, -0.2) is 0 Å². The zero-order valence-corrected chi connectivity index (χ0v) is 21.0. The second-order valence-corrected chi connectivity index (χ2v) is 9.64. The van der Waals surface area contributed by atoms with Gasteiger partial charge in [0.15, 0.2) is 0 Å². The van der Waals surface area contributed by atoms with Crippen molar-refractivity contribution in [3.8, 4) is 11.1 Å². The van der Waals surface area contributed by atoms with E-state index >= 15 is 0 Å². The topological polar surface area (TPSA) is 62.3 Å². The SMILES string of the molecule is CC(NC(=O)C1(c2ccccc2)CCN(C(=O)c2ccc(-c3ccccc3)cn2)CC1)c1ccccc1. The van der Waals surface area contributed by atoms with Gasteiger partial charge in [0.25, 0.3) is 5.91 Å². The Labute approximate surface area is 218 Å². The maximum Gasteiger partial charge on any atom is 0.272 e. The summed E-state index contributed by atoms with van der Waals surface area (Å²) in [7, 11) is 0. The monoisotopic (exact) mass is 489 g/mol. The van der Waals surface area contributed by atoms with Gasteiger partial charge in [-0.2, -0.15) is 0 Å². The Morgan fingerprint density at radius 2 is 1.38 bits per heavy atom. The molecule has 0 radical (unpaired) electrons. The Hall–Kier alpha value is -4.25. The molecule has 1 saturated heterocycles. The molecule has 0 saturated carbocycles. The van der Waals surface area contributed by atoms with Crippen LogP contribution in [0.5, 0.6) is 0 Å². The van der Waals surface area contributed by atoms with E-state index in [-0.39, 0.29) is 17.9 Å². The van der Waals surface area contributed by atoms with Crippen LogP contribution in [0.25, 0.3) is 11.1 Å². The summed E-state index contributed by atoms with van der Waals surface area (Å²) in [5, 5.41) is 3.25. The number of amides is 2. The van der Waals surface area contributed by atoms with Crippen LogP contribution >= 0.6 is 0 Å². The first kappa shape index (κ1) is 24.4. The summed E-state index contributed by atoms with van der Waals surface area (Å²) in [4.78, 5) is 33.4. The van der Waals surface area contributed by atoms with Crippen molar-refractivity contribution >= 4 is 11.8 Å². The van der Waals surface area contributed by atoms with E-state index in [1.165, 1.54) is 0 Å². The Morgan fingerprint density at radius 1 is 0.784 bits per heavy atom. The molecule has 1 unspecified atom stereocenters. The lowest BCUT2D eigenvalue weighted by molar-refractivity contribution is -0.129. The Kier molecular flexibility index (Phi) is 7.13. The van der Waals surface area contributed by atoms with Gasteiger partial charge in [0.1, 0.15) is 5.69 Å². The van der Waals surface area contributed by atoms with Gasteiger partial charge in [-0.15, -0.1) is 0 Å². The van der Waals surface area contributed by atoms with Gasteiger partial charge in [-0.05, 0) is 42.5 Å². The molecule has 4 aromatic rings. The van der Waals surface area contributed by atoms with Gasteiger partial charge in [-0.1, -0.05) is 97.1 Å². The molecular weight excluding hydrogens is 458 g/mol. The normalized spacial score (nSPS) is 15.5. The predicted octanol–water partition coefficient (Wildman–Crippen LogP) is 5.80. The van der Waals surface area contributed by atoms with E-state index in [0.717, 1.165) is 22.3 Å². The van der Waals surface area contributed by atoms with E-state index in [2.05, 4.69) is 10.3 Å². The number of rotatable bonds is 6.